The highest BCUT2D eigenvalue weighted by atomic mass is 31.1. The Morgan fingerprint density at radius 1 is 0.667 bits per heavy atom. The van der Waals surface area contributed by atoms with E-state index in [1.165, 1.54) is 10.6 Å². The number of para-hydroxylation sites is 1. The van der Waals surface area contributed by atoms with Crippen LogP contribution in [0, 0.1) is 0 Å². The number of benzene rings is 3. The molecule has 3 nitrogen and oxygen atoms in total. The van der Waals surface area contributed by atoms with Gasteiger partial charge >= 0.3 is 6.03 Å². The third-order valence-corrected chi connectivity index (χ3v) is 5.83. The minimum Gasteiger partial charge on any atom is -0.308 e. The van der Waals surface area contributed by atoms with Crippen molar-refractivity contribution in [3.05, 3.63) is 84.9 Å². The Bertz CT molecular complexity index is 789. The van der Waals surface area contributed by atoms with Gasteiger partial charge < -0.3 is 10.6 Å². The summed E-state index contributed by atoms with van der Waals surface area (Å²) in [6.07, 6.45) is 0. The quantitative estimate of drug-likeness (QED) is 0.683. The van der Waals surface area contributed by atoms with E-state index in [0.29, 0.717) is 0 Å². The predicted octanol–water partition coefficient (Wildman–Crippen LogP) is 4.39. The topological polar surface area (TPSA) is 41.1 Å². The summed E-state index contributed by atoms with van der Waals surface area (Å²) >= 11 is 0. The largest absolute Gasteiger partial charge is 0.323 e. The van der Waals surface area contributed by atoms with E-state index in [-0.39, 0.29) is 14.0 Å². The van der Waals surface area contributed by atoms with Gasteiger partial charge in [-0.15, -0.1) is 0 Å². The van der Waals surface area contributed by atoms with Crippen molar-refractivity contribution < 1.29 is 4.79 Å². The maximum absolute atomic E-state index is 12.0. The fourth-order valence-corrected chi connectivity index (χ4v) is 3.90. The fourth-order valence-electron chi connectivity index (χ4n) is 2.38. The first-order valence-corrected chi connectivity index (χ1v) is 9.53. The van der Waals surface area contributed by atoms with Gasteiger partial charge in [-0.05, 0) is 49.5 Å². The second-order valence-electron chi connectivity index (χ2n) is 5.39. The van der Waals surface area contributed by atoms with Crippen molar-refractivity contribution in [3.8, 4) is 0 Å². The Balaban J connectivity index is 1.63. The molecule has 1 unspecified atom stereocenters. The number of carbonyl (C=O) groups is 1. The van der Waals surface area contributed by atoms with E-state index in [1.54, 1.807) is 0 Å². The first-order valence-electron chi connectivity index (χ1n) is 7.74. The second kappa shape index (κ2) is 7.76. The SMILES string of the molecule is CP(c1ccccc1)c1ccc(NC(=O)Nc2ccccc2)cc1. The van der Waals surface area contributed by atoms with Crippen LogP contribution in [0.25, 0.3) is 0 Å². The molecule has 0 saturated heterocycles. The van der Waals surface area contributed by atoms with E-state index in [2.05, 4.69) is 53.7 Å². The number of carbonyl (C=O) groups excluding carboxylic acids is 1. The molecule has 0 aliphatic heterocycles. The molecule has 4 heteroatoms. The smallest absolute Gasteiger partial charge is 0.308 e. The fraction of sp³-hybridized carbons (Fsp3) is 0.0500. The van der Waals surface area contributed by atoms with E-state index in [0.717, 1.165) is 11.4 Å². The number of rotatable bonds is 4. The number of nitrogens with one attached hydrogen (secondary N) is 2. The van der Waals surface area contributed by atoms with Gasteiger partial charge in [-0.3, -0.25) is 0 Å². The highest BCUT2D eigenvalue weighted by Crippen LogP contribution is 2.28. The zero-order valence-electron chi connectivity index (χ0n) is 13.4. The molecule has 24 heavy (non-hydrogen) atoms. The zero-order chi connectivity index (χ0) is 16.8. The number of hydrogen-bond acceptors (Lipinski definition) is 1. The van der Waals surface area contributed by atoms with Gasteiger partial charge in [0.05, 0.1) is 0 Å². The van der Waals surface area contributed by atoms with E-state index >= 15 is 0 Å². The van der Waals surface area contributed by atoms with Gasteiger partial charge in [0.1, 0.15) is 0 Å². The Hall–Kier alpha value is -2.64. The molecule has 3 rings (SSSR count). The van der Waals surface area contributed by atoms with Crippen molar-refractivity contribution in [1.29, 1.82) is 0 Å². The minimum atomic E-state index is -0.372. The molecule has 0 aliphatic rings. The number of amides is 2. The summed E-state index contributed by atoms with van der Waals surface area (Å²) in [6, 6.07) is 27.7. The van der Waals surface area contributed by atoms with Crippen LogP contribution in [0.1, 0.15) is 0 Å². The van der Waals surface area contributed by atoms with Crippen LogP contribution in [-0.4, -0.2) is 12.7 Å². The van der Waals surface area contributed by atoms with Crippen LogP contribution in [0.5, 0.6) is 0 Å². The summed E-state index contributed by atoms with van der Waals surface area (Å²) in [6.45, 7) is 2.25. The Morgan fingerprint density at radius 2 is 1.12 bits per heavy atom. The first kappa shape index (κ1) is 16.2. The van der Waals surface area contributed by atoms with E-state index in [1.807, 2.05) is 48.5 Å². The molecule has 0 bridgehead atoms. The number of urea groups is 1. The molecule has 0 fully saturated rings. The van der Waals surface area contributed by atoms with Gasteiger partial charge in [-0.25, -0.2) is 4.79 Å². The maximum Gasteiger partial charge on any atom is 0.323 e. The van der Waals surface area contributed by atoms with Crippen LogP contribution in [0.4, 0.5) is 16.2 Å². The van der Waals surface area contributed by atoms with Crippen molar-refractivity contribution >= 4 is 35.9 Å². The van der Waals surface area contributed by atoms with Crippen molar-refractivity contribution in [2.24, 2.45) is 0 Å². The lowest BCUT2D eigenvalue weighted by Crippen LogP contribution is -2.19. The van der Waals surface area contributed by atoms with Crippen LogP contribution in [0.15, 0.2) is 84.9 Å². The molecule has 0 saturated carbocycles. The lowest BCUT2D eigenvalue weighted by Gasteiger charge is -2.14. The monoisotopic (exact) mass is 334 g/mol. The average molecular weight is 334 g/mol. The summed E-state index contributed by atoms with van der Waals surface area (Å²) in [4.78, 5) is 12.0. The average Bonchev–Trinajstić information content (AvgIpc) is 2.63. The van der Waals surface area contributed by atoms with Crippen molar-refractivity contribution in [1.82, 2.24) is 0 Å². The second-order valence-corrected chi connectivity index (χ2v) is 7.54. The summed E-state index contributed by atoms with van der Waals surface area (Å²) < 4.78 is 0. The Morgan fingerprint density at radius 3 is 1.71 bits per heavy atom. The minimum absolute atomic E-state index is 0.240. The van der Waals surface area contributed by atoms with Crippen molar-refractivity contribution in [2.45, 2.75) is 0 Å². The zero-order valence-corrected chi connectivity index (χ0v) is 14.3. The molecule has 2 amide bonds. The summed E-state index contributed by atoms with van der Waals surface area (Å²) in [5.41, 5.74) is 1.55. The molecule has 0 radical (unpaired) electrons. The summed E-state index contributed by atoms with van der Waals surface area (Å²) in [5, 5.41) is 8.29. The lowest BCUT2D eigenvalue weighted by atomic mass is 10.3. The van der Waals surface area contributed by atoms with Crippen LogP contribution in [0.3, 0.4) is 0 Å². The van der Waals surface area contributed by atoms with Gasteiger partial charge in [-0.1, -0.05) is 60.7 Å². The van der Waals surface area contributed by atoms with E-state index in [4.69, 9.17) is 0 Å². The third-order valence-electron chi connectivity index (χ3n) is 3.69. The molecule has 2 N–H and O–H groups in total. The van der Waals surface area contributed by atoms with Crippen molar-refractivity contribution in [2.75, 3.05) is 17.3 Å². The molecule has 0 aromatic heterocycles. The molecular formula is C20H19N2OP. The summed E-state index contributed by atoms with van der Waals surface area (Å²) in [5.74, 6) is 0. The van der Waals surface area contributed by atoms with E-state index < -0.39 is 0 Å². The number of anilines is 2. The van der Waals surface area contributed by atoms with Crippen molar-refractivity contribution in [3.63, 3.8) is 0 Å². The normalized spacial score (nSPS) is 11.5. The van der Waals surface area contributed by atoms with E-state index in [9.17, 15) is 4.79 Å². The highest BCUT2D eigenvalue weighted by Gasteiger charge is 2.08. The maximum atomic E-state index is 12.0. The molecule has 3 aromatic carbocycles. The number of hydrogen-bond donors (Lipinski definition) is 2. The lowest BCUT2D eigenvalue weighted by molar-refractivity contribution is 0.262. The van der Waals surface area contributed by atoms with Gasteiger partial charge in [0.2, 0.25) is 0 Å². The predicted molar refractivity (Wildman–Crippen MR) is 104 cm³/mol. The van der Waals surface area contributed by atoms with Gasteiger partial charge in [0.25, 0.3) is 0 Å². The molecule has 1 atom stereocenters. The molecule has 0 aliphatic carbocycles. The molecule has 0 heterocycles. The van der Waals surface area contributed by atoms with Crippen LogP contribution in [-0.2, 0) is 0 Å². The molecule has 120 valence electrons. The van der Waals surface area contributed by atoms with Crippen LogP contribution < -0.4 is 21.2 Å². The molecule has 0 spiro atoms. The highest BCUT2D eigenvalue weighted by molar-refractivity contribution is 7.72. The molecular weight excluding hydrogens is 315 g/mol. The standard InChI is InChI=1S/C20H19N2OP/c1-24(18-10-6-3-7-11-18)19-14-12-17(13-15-19)22-20(23)21-16-8-4-2-5-9-16/h2-15H,1H3,(H2,21,22,23). The Labute approximate surface area is 143 Å². The van der Waals surface area contributed by atoms with Gasteiger partial charge in [0.15, 0.2) is 0 Å². The summed E-state index contributed by atoms with van der Waals surface area (Å²) in [7, 11) is -0.372. The molecule has 3 aromatic rings. The van der Waals surface area contributed by atoms with Gasteiger partial charge in [-0.2, -0.15) is 0 Å². The Kier molecular flexibility index (Phi) is 5.25. The third kappa shape index (κ3) is 4.21. The van der Waals surface area contributed by atoms with Crippen LogP contribution >= 0.6 is 7.92 Å². The van der Waals surface area contributed by atoms with Crippen LogP contribution in [0.2, 0.25) is 0 Å². The van der Waals surface area contributed by atoms with Gasteiger partial charge in [0, 0.05) is 11.4 Å². The first-order chi connectivity index (χ1) is 11.7.